The van der Waals surface area contributed by atoms with Crippen LogP contribution < -0.4 is 37.8 Å². The van der Waals surface area contributed by atoms with E-state index < -0.39 is 39.6 Å². The summed E-state index contributed by atoms with van der Waals surface area (Å²) in [7, 11) is -2.25. The summed E-state index contributed by atoms with van der Waals surface area (Å²) >= 11 is 2.16. The Balaban J connectivity index is 0.00000119. The van der Waals surface area contributed by atoms with Gasteiger partial charge in [0, 0.05) is 39.8 Å². The number of nitrogens with two attached hydrogens (primary N) is 4. The Kier molecular flexibility index (Phi) is 11.5. The second kappa shape index (κ2) is 14.7. The normalized spacial score (nSPS) is 17.8. The van der Waals surface area contributed by atoms with Crippen LogP contribution in [-0.4, -0.2) is 108 Å². The van der Waals surface area contributed by atoms with E-state index in [9.17, 15) is 19.5 Å². The average molecular weight is 706 g/mol. The van der Waals surface area contributed by atoms with Crippen LogP contribution in [0.15, 0.2) is 22.6 Å². The van der Waals surface area contributed by atoms with E-state index in [4.69, 9.17) is 50.7 Å². The Hall–Kier alpha value is -4.56. The average Bonchev–Trinajstić information content (AvgIpc) is 3.51. The van der Waals surface area contributed by atoms with Crippen molar-refractivity contribution in [1.29, 1.82) is 5.41 Å². The Bertz CT molecular complexity index is 1690. The molecule has 1 saturated heterocycles. The number of anilines is 3. The minimum Gasteiger partial charge on any atom is -0.759 e. The van der Waals surface area contributed by atoms with Gasteiger partial charge in [-0.1, -0.05) is 5.16 Å². The molecule has 0 radical (unpaired) electrons. The van der Waals surface area contributed by atoms with Crippen molar-refractivity contribution >= 4 is 79.8 Å². The van der Waals surface area contributed by atoms with Gasteiger partial charge in [0.1, 0.15) is 24.2 Å². The van der Waals surface area contributed by atoms with E-state index in [0.717, 1.165) is 16.4 Å². The SMILES string of the molecule is CO/N=C(\C(=O)N[C@@H]1C(=O)N2C(C(=O)O)=C(C[n+]3cc(N(CCCN)C(=N)N)c(N)n3C)CS[C@H]12)c1nsc(N)n1.O=S(=O)([O-])[O-].[H+]. The molecule has 46 heavy (non-hydrogen) atoms. The maximum Gasteiger partial charge on any atom is 1.00 e. The summed E-state index contributed by atoms with van der Waals surface area (Å²) in [5.41, 5.74) is 23.7. The number of aliphatic carboxylic acids is 1. The Morgan fingerprint density at radius 2 is 2.04 bits per heavy atom. The van der Waals surface area contributed by atoms with E-state index in [1.165, 1.54) is 23.8 Å². The molecule has 4 heterocycles. The van der Waals surface area contributed by atoms with Gasteiger partial charge in [-0.3, -0.25) is 28.3 Å². The Morgan fingerprint density at radius 1 is 1.39 bits per heavy atom. The molecule has 2 aromatic heterocycles. The fourth-order valence-electron chi connectivity index (χ4n) is 4.39. The van der Waals surface area contributed by atoms with Crippen molar-refractivity contribution in [2.24, 2.45) is 23.7 Å². The first-order chi connectivity index (χ1) is 21.5. The van der Waals surface area contributed by atoms with Gasteiger partial charge in [-0.15, -0.1) is 21.1 Å². The summed E-state index contributed by atoms with van der Waals surface area (Å²) < 4.78 is 41.3. The standard InChI is InChI=1S/C21H29N13O5S2.H2O4S/c1-31-14(23)10(33(20(24)25)5-3-4-22)7-32(31)6-9-8-40-18-12(17(36)34(18)13(9)19(37)38)27-16(35)11(29-39-2)15-28-21(26)41-30-15;1-5(2,3)4/h7,12,18,23H,3-6,8,22H2,1-2H3,(H7,24,25,26,27,28,30,35,37,38);(H2,1,2,3,4)/b29-11-;/t12-,18-;/m1./s1. The van der Waals surface area contributed by atoms with Crippen LogP contribution in [0.4, 0.5) is 16.6 Å². The minimum absolute atomic E-state index is 0. The van der Waals surface area contributed by atoms with Crippen LogP contribution in [0.3, 0.4) is 0 Å². The van der Waals surface area contributed by atoms with E-state index in [1.54, 1.807) is 22.6 Å². The molecule has 0 spiro atoms. The molecule has 25 heteroatoms. The highest BCUT2D eigenvalue weighted by molar-refractivity contribution is 8.00. The lowest BCUT2D eigenvalue weighted by molar-refractivity contribution is -0.765. The monoisotopic (exact) mass is 705 g/mol. The number of hydrogen-bond acceptors (Lipinski definition) is 17. The van der Waals surface area contributed by atoms with E-state index in [1.807, 2.05) is 0 Å². The highest BCUT2D eigenvalue weighted by Crippen LogP contribution is 2.40. The minimum atomic E-state index is -5.17. The predicted molar refractivity (Wildman–Crippen MR) is 162 cm³/mol. The number of carbonyl (C=O) groups is 3. The first kappa shape index (κ1) is 35.9. The predicted octanol–water partition coefficient (Wildman–Crippen LogP) is -4.06. The molecule has 0 saturated carbocycles. The molecule has 2 aromatic rings. The van der Waals surface area contributed by atoms with Gasteiger partial charge in [0.15, 0.2) is 29.1 Å². The van der Waals surface area contributed by atoms with Crippen LogP contribution in [0.25, 0.3) is 0 Å². The largest absolute Gasteiger partial charge is 1.00 e. The number of fused-ring (bicyclic) bond motifs is 1. The number of amides is 2. The lowest BCUT2D eigenvalue weighted by atomic mass is 10.0. The lowest BCUT2D eigenvalue weighted by Gasteiger charge is -2.49. The molecule has 0 unspecified atom stereocenters. The third-order valence-electron chi connectivity index (χ3n) is 6.38. The highest BCUT2D eigenvalue weighted by Gasteiger charge is 2.55. The first-order valence-electron chi connectivity index (χ1n) is 12.7. The van der Waals surface area contributed by atoms with Gasteiger partial charge < -0.3 is 52.2 Å². The van der Waals surface area contributed by atoms with Crippen molar-refractivity contribution in [3.63, 3.8) is 0 Å². The second-order valence-electron chi connectivity index (χ2n) is 9.31. The van der Waals surface area contributed by atoms with Gasteiger partial charge in [0.25, 0.3) is 11.8 Å². The lowest BCUT2D eigenvalue weighted by Crippen LogP contribution is -2.71. The fraction of sp³-hybridized carbons (Fsp3) is 0.429. The highest BCUT2D eigenvalue weighted by atomic mass is 32.3. The van der Waals surface area contributed by atoms with Crippen LogP contribution in [-0.2, 0) is 43.2 Å². The van der Waals surface area contributed by atoms with Gasteiger partial charge in [0.2, 0.25) is 17.7 Å². The third-order valence-corrected chi connectivity index (χ3v) is 8.26. The van der Waals surface area contributed by atoms with Crippen molar-refractivity contribution < 1.29 is 48.0 Å². The molecule has 1 fully saturated rings. The first-order valence-corrected chi connectivity index (χ1v) is 15.9. The van der Waals surface area contributed by atoms with Crippen LogP contribution in [0.1, 0.15) is 13.7 Å². The number of hydrogen-bond donors (Lipinski definition) is 7. The molecule has 4 rings (SSSR count). The number of β-lactam (4-membered cyclic amide) rings is 1. The summed E-state index contributed by atoms with van der Waals surface area (Å²) in [6.45, 7) is 0.859. The summed E-state index contributed by atoms with van der Waals surface area (Å²) in [4.78, 5) is 49.8. The van der Waals surface area contributed by atoms with Crippen molar-refractivity contribution in [2.45, 2.75) is 24.4 Å². The number of rotatable bonds is 11. The second-order valence-corrected chi connectivity index (χ2v) is 12.0. The molecule has 0 aliphatic carbocycles. The summed E-state index contributed by atoms with van der Waals surface area (Å²) in [6, 6.07) is -1.02. The zero-order chi connectivity index (χ0) is 34.5. The molecular formula is C21H31N13O9S3. The molecule has 2 atom stereocenters. The van der Waals surface area contributed by atoms with Crippen LogP contribution in [0.2, 0.25) is 0 Å². The number of nitrogens with one attached hydrogen (secondary N) is 2. The Morgan fingerprint density at radius 3 is 2.57 bits per heavy atom. The molecule has 22 nitrogen and oxygen atoms in total. The number of nitrogens with zero attached hydrogens (tertiary/aromatic N) is 7. The van der Waals surface area contributed by atoms with E-state index in [2.05, 4.69) is 19.8 Å². The molecular weight excluding hydrogens is 675 g/mol. The number of nitrogen functional groups attached to an aromatic ring is 2. The maximum absolute atomic E-state index is 13.1. The molecule has 2 amide bonds. The van der Waals surface area contributed by atoms with Gasteiger partial charge in [-0.2, -0.15) is 9.36 Å². The molecule has 11 N–H and O–H groups in total. The van der Waals surface area contributed by atoms with Crippen molar-refractivity contribution in [2.75, 3.05) is 42.3 Å². The number of aromatic nitrogens is 4. The van der Waals surface area contributed by atoms with Crippen molar-refractivity contribution in [3.05, 3.63) is 23.3 Å². The fourth-order valence-corrected chi connectivity index (χ4v) is 6.16. The number of guanidine groups is 1. The van der Waals surface area contributed by atoms with Gasteiger partial charge in [-0.25, -0.2) is 4.79 Å². The molecule has 0 aromatic carbocycles. The summed E-state index contributed by atoms with van der Waals surface area (Å²) in [5.74, 6) is -2.38. The zero-order valence-electron chi connectivity index (χ0n) is 25.1. The summed E-state index contributed by atoms with van der Waals surface area (Å²) in [5, 5.41) is 23.7. The van der Waals surface area contributed by atoms with Crippen LogP contribution >= 0.6 is 23.3 Å². The quantitative estimate of drug-likeness (QED) is 0.0222. The molecule has 252 valence electrons. The van der Waals surface area contributed by atoms with Crippen molar-refractivity contribution in [1.82, 2.24) is 24.3 Å². The van der Waals surface area contributed by atoms with Gasteiger partial charge in [0.05, 0.1) is 7.05 Å². The summed E-state index contributed by atoms with van der Waals surface area (Å²) in [6.07, 6.45) is 2.23. The van der Waals surface area contributed by atoms with Gasteiger partial charge >= 0.3 is 7.40 Å². The smallest absolute Gasteiger partial charge is 0.759 e. The maximum atomic E-state index is 13.1. The van der Waals surface area contributed by atoms with E-state index >= 15 is 0 Å². The third kappa shape index (κ3) is 8.17. The number of carbonyl (C=O) groups excluding carboxylic acids is 2. The van der Waals surface area contributed by atoms with Crippen molar-refractivity contribution in [3.8, 4) is 0 Å². The van der Waals surface area contributed by atoms with Crippen LogP contribution in [0.5, 0.6) is 0 Å². The van der Waals surface area contributed by atoms with E-state index in [0.29, 0.717) is 36.6 Å². The number of thioether (sulfide) groups is 1. The number of carboxylic acids is 1. The van der Waals surface area contributed by atoms with Gasteiger partial charge in [-0.05, 0) is 13.0 Å². The van der Waals surface area contributed by atoms with E-state index in [-0.39, 0.29) is 42.0 Å². The number of oxime groups is 1. The number of carboxylic acid groups (broad SMARTS) is 1. The molecule has 2 aliphatic heterocycles. The molecule has 0 bridgehead atoms. The van der Waals surface area contributed by atoms with Crippen LogP contribution in [0, 0.1) is 5.41 Å². The topological polar surface area (TPSA) is 354 Å². The molecule has 2 aliphatic rings. The Labute approximate surface area is 270 Å². The zero-order valence-corrected chi connectivity index (χ0v) is 26.6.